The molecular weight excluding hydrogens is 318 g/mol. The maximum atomic E-state index is 12.3. The molecule has 0 unspecified atom stereocenters. The minimum atomic E-state index is -0.127. The molecule has 0 fully saturated rings. The second kappa shape index (κ2) is 9.84. The van der Waals surface area contributed by atoms with E-state index in [1.54, 1.807) is 11.7 Å². The molecule has 1 heterocycles. The van der Waals surface area contributed by atoms with Crippen LogP contribution in [0.1, 0.15) is 42.0 Å². The van der Waals surface area contributed by atoms with Gasteiger partial charge in [0, 0.05) is 33.2 Å². The summed E-state index contributed by atoms with van der Waals surface area (Å²) in [6.45, 7) is 6.49. The van der Waals surface area contributed by atoms with Gasteiger partial charge in [-0.05, 0) is 37.1 Å². The van der Waals surface area contributed by atoms with Crippen molar-refractivity contribution in [3.05, 3.63) is 47.3 Å². The molecule has 1 amide bonds. The van der Waals surface area contributed by atoms with E-state index in [0.29, 0.717) is 25.5 Å². The van der Waals surface area contributed by atoms with E-state index in [2.05, 4.69) is 10.4 Å². The number of rotatable bonds is 10. The topological polar surface area (TPSA) is 65.4 Å². The molecule has 1 aromatic heterocycles. The van der Waals surface area contributed by atoms with Crippen LogP contribution in [0.3, 0.4) is 0 Å². The fourth-order valence-electron chi connectivity index (χ4n) is 2.43. The van der Waals surface area contributed by atoms with Gasteiger partial charge in [-0.25, -0.2) is 0 Å². The molecule has 0 saturated heterocycles. The van der Waals surface area contributed by atoms with E-state index in [0.717, 1.165) is 36.5 Å². The zero-order valence-electron chi connectivity index (χ0n) is 15.2. The lowest BCUT2D eigenvalue weighted by Gasteiger charge is -2.09. The predicted octanol–water partition coefficient (Wildman–Crippen LogP) is 2.72. The number of nitrogens with one attached hydrogen (secondary N) is 1. The van der Waals surface area contributed by atoms with Crippen molar-refractivity contribution < 1.29 is 14.3 Å². The zero-order chi connectivity index (χ0) is 18.1. The van der Waals surface area contributed by atoms with E-state index in [1.807, 2.05) is 44.2 Å². The Kier molecular flexibility index (Phi) is 7.47. The number of amides is 1. The maximum Gasteiger partial charge on any atom is 0.269 e. The van der Waals surface area contributed by atoms with Crippen LogP contribution in [0, 0.1) is 0 Å². The molecule has 25 heavy (non-hydrogen) atoms. The Hall–Kier alpha value is -2.34. The van der Waals surface area contributed by atoms with Gasteiger partial charge in [-0.1, -0.05) is 19.1 Å². The molecule has 6 nitrogen and oxygen atoms in total. The molecule has 1 aromatic carbocycles. The summed E-state index contributed by atoms with van der Waals surface area (Å²) in [6.07, 6.45) is 1.67. The van der Waals surface area contributed by atoms with Gasteiger partial charge in [0.25, 0.3) is 5.91 Å². The number of nitrogens with zero attached hydrogens (tertiary/aromatic N) is 2. The largest absolute Gasteiger partial charge is 0.493 e. The lowest BCUT2D eigenvalue weighted by atomic mass is 10.2. The predicted molar refractivity (Wildman–Crippen MR) is 96.8 cm³/mol. The van der Waals surface area contributed by atoms with Crippen molar-refractivity contribution in [3.8, 4) is 5.75 Å². The zero-order valence-corrected chi connectivity index (χ0v) is 15.2. The fraction of sp³-hybridized carbons (Fsp3) is 0.474. The quantitative estimate of drug-likeness (QED) is 0.673. The monoisotopic (exact) mass is 345 g/mol. The second-order valence-electron chi connectivity index (χ2n) is 5.73. The first-order valence-electron chi connectivity index (χ1n) is 8.74. The highest BCUT2D eigenvalue weighted by molar-refractivity contribution is 5.92. The fourth-order valence-corrected chi connectivity index (χ4v) is 2.43. The van der Waals surface area contributed by atoms with Crippen molar-refractivity contribution in [1.82, 2.24) is 15.1 Å². The van der Waals surface area contributed by atoms with Gasteiger partial charge in [-0.15, -0.1) is 0 Å². The van der Waals surface area contributed by atoms with Gasteiger partial charge in [-0.3, -0.25) is 9.48 Å². The lowest BCUT2D eigenvalue weighted by molar-refractivity contribution is 0.0941. The van der Waals surface area contributed by atoms with Crippen LogP contribution >= 0.6 is 0 Å². The van der Waals surface area contributed by atoms with Gasteiger partial charge in [0.1, 0.15) is 11.4 Å². The van der Waals surface area contributed by atoms with Gasteiger partial charge in [0.05, 0.1) is 12.3 Å². The highest BCUT2D eigenvalue weighted by atomic mass is 16.5. The first kappa shape index (κ1) is 19.0. The summed E-state index contributed by atoms with van der Waals surface area (Å²) in [5.41, 5.74) is 2.48. The Balaban J connectivity index is 1.84. The number of hydrogen-bond acceptors (Lipinski definition) is 4. The van der Waals surface area contributed by atoms with Gasteiger partial charge in [-0.2, -0.15) is 5.10 Å². The second-order valence-corrected chi connectivity index (χ2v) is 5.73. The number of carbonyl (C=O) groups is 1. The number of aryl methyl sites for hydroxylation is 2. The summed E-state index contributed by atoms with van der Waals surface area (Å²) in [5.74, 6) is 0.676. The van der Waals surface area contributed by atoms with Crippen LogP contribution < -0.4 is 10.1 Å². The van der Waals surface area contributed by atoms with Crippen molar-refractivity contribution in [1.29, 1.82) is 0 Å². The first-order valence-corrected chi connectivity index (χ1v) is 8.74. The summed E-state index contributed by atoms with van der Waals surface area (Å²) in [6, 6.07) is 9.59. The average molecular weight is 345 g/mol. The molecule has 1 N–H and O–H groups in total. The Labute approximate surface area is 149 Å². The first-order chi connectivity index (χ1) is 12.1. The maximum absolute atomic E-state index is 12.3. The standard InChI is InChI=1S/C19H27N3O3/c1-4-16-13-18(22(3)21-16)19(23)20-14-15-8-6-9-17(12-15)25-11-7-10-24-5-2/h6,8-9,12-13H,4-5,7,10-11,14H2,1-3H3,(H,20,23). The molecule has 0 atom stereocenters. The van der Waals surface area contributed by atoms with Crippen LogP contribution in [0.15, 0.2) is 30.3 Å². The molecule has 2 aromatic rings. The smallest absolute Gasteiger partial charge is 0.269 e. The number of hydrogen-bond donors (Lipinski definition) is 1. The lowest BCUT2D eigenvalue weighted by Crippen LogP contribution is -2.25. The minimum Gasteiger partial charge on any atom is -0.493 e. The Bertz CT molecular complexity index is 682. The van der Waals surface area contributed by atoms with Crippen molar-refractivity contribution in [2.45, 2.75) is 33.2 Å². The third-order valence-corrected chi connectivity index (χ3v) is 3.78. The summed E-state index contributed by atoms with van der Waals surface area (Å²) in [4.78, 5) is 12.3. The van der Waals surface area contributed by atoms with Crippen molar-refractivity contribution in [2.75, 3.05) is 19.8 Å². The normalized spacial score (nSPS) is 10.7. The molecule has 136 valence electrons. The van der Waals surface area contributed by atoms with Crippen LogP contribution in [0.5, 0.6) is 5.75 Å². The van der Waals surface area contributed by atoms with E-state index >= 15 is 0 Å². The molecule has 2 rings (SSSR count). The summed E-state index contributed by atoms with van der Waals surface area (Å²) < 4.78 is 12.6. The van der Waals surface area contributed by atoms with Crippen molar-refractivity contribution in [2.24, 2.45) is 7.05 Å². The molecule has 0 aliphatic carbocycles. The van der Waals surface area contributed by atoms with Crippen LogP contribution in [0.25, 0.3) is 0 Å². The molecule has 0 bridgehead atoms. The highest BCUT2D eigenvalue weighted by Crippen LogP contribution is 2.14. The Morgan fingerprint density at radius 1 is 1.24 bits per heavy atom. The molecule has 0 saturated carbocycles. The van der Waals surface area contributed by atoms with E-state index in [9.17, 15) is 4.79 Å². The molecule has 0 spiro atoms. The van der Waals surface area contributed by atoms with Gasteiger partial charge in [0.15, 0.2) is 0 Å². The van der Waals surface area contributed by atoms with Crippen LogP contribution in [0.2, 0.25) is 0 Å². The number of ether oxygens (including phenoxy) is 2. The molecule has 0 radical (unpaired) electrons. The molecule has 0 aliphatic rings. The Morgan fingerprint density at radius 3 is 2.80 bits per heavy atom. The summed E-state index contributed by atoms with van der Waals surface area (Å²) >= 11 is 0. The number of aromatic nitrogens is 2. The van der Waals surface area contributed by atoms with Gasteiger partial charge < -0.3 is 14.8 Å². The van der Waals surface area contributed by atoms with Gasteiger partial charge in [0.2, 0.25) is 0 Å². The van der Waals surface area contributed by atoms with E-state index in [-0.39, 0.29) is 5.91 Å². The van der Waals surface area contributed by atoms with Crippen LogP contribution in [-0.2, 0) is 24.8 Å². The summed E-state index contributed by atoms with van der Waals surface area (Å²) in [7, 11) is 1.78. The third kappa shape index (κ3) is 5.90. The Morgan fingerprint density at radius 2 is 2.08 bits per heavy atom. The number of carbonyl (C=O) groups excluding carboxylic acids is 1. The van der Waals surface area contributed by atoms with Crippen molar-refractivity contribution >= 4 is 5.91 Å². The minimum absolute atomic E-state index is 0.127. The van der Waals surface area contributed by atoms with E-state index in [4.69, 9.17) is 9.47 Å². The van der Waals surface area contributed by atoms with E-state index in [1.165, 1.54) is 0 Å². The SMILES string of the molecule is CCOCCCOc1cccc(CNC(=O)c2cc(CC)nn2C)c1. The average Bonchev–Trinajstić information content (AvgIpc) is 3.01. The van der Waals surface area contributed by atoms with Crippen molar-refractivity contribution in [3.63, 3.8) is 0 Å². The molecular formula is C19H27N3O3. The van der Waals surface area contributed by atoms with E-state index < -0.39 is 0 Å². The van der Waals surface area contributed by atoms with Crippen LogP contribution in [-0.4, -0.2) is 35.5 Å². The van der Waals surface area contributed by atoms with Gasteiger partial charge >= 0.3 is 0 Å². The molecule has 6 heteroatoms. The third-order valence-electron chi connectivity index (χ3n) is 3.78. The number of benzene rings is 1. The highest BCUT2D eigenvalue weighted by Gasteiger charge is 2.12. The molecule has 0 aliphatic heterocycles. The summed E-state index contributed by atoms with van der Waals surface area (Å²) in [5, 5.41) is 7.23. The van der Waals surface area contributed by atoms with Crippen LogP contribution in [0.4, 0.5) is 0 Å².